The summed E-state index contributed by atoms with van der Waals surface area (Å²) in [6, 6.07) is 9.80. The van der Waals surface area contributed by atoms with E-state index in [1.165, 1.54) is 6.33 Å². The van der Waals surface area contributed by atoms with Crippen LogP contribution in [0.2, 0.25) is 0 Å². The lowest BCUT2D eigenvalue weighted by Gasteiger charge is -2.16. The summed E-state index contributed by atoms with van der Waals surface area (Å²) in [5.74, 6) is 0.753. The highest BCUT2D eigenvalue weighted by molar-refractivity contribution is 5.33. The molecule has 2 aromatic heterocycles. The third-order valence-electron chi connectivity index (χ3n) is 3.18. The summed E-state index contributed by atoms with van der Waals surface area (Å²) < 4.78 is 1.82. The molecule has 7 nitrogen and oxygen atoms in total. The second-order valence-corrected chi connectivity index (χ2v) is 4.66. The average Bonchev–Trinajstić information content (AvgIpc) is 3.20. The van der Waals surface area contributed by atoms with Crippen LogP contribution in [0, 0.1) is 0 Å². The van der Waals surface area contributed by atoms with Gasteiger partial charge in [-0.2, -0.15) is 5.10 Å². The fraction of sp³-hybridized carbons (Fsp3) is 0.286. The molecule has 7 heteroatoms. The van der Waals surface area contributed by atoms with Crippen molar-refractivity contribution in [1.29, 1.82) is 0 Å². The molecular weight excluding hydrogens is 266 g/mol. The number of rotatable bonds is 6. The molecule has 0 aliphatic heterocycles. The van der Waals surface area contributed by atoms with E-state index in [4.69, 9.17) is 0 Å². The lowest BCUT2D eigenvalue weighted by atomic mass is 10.2. The maximum Gasteiger partial charge on any atom is 0.147 e. The largest absolute Gasteiger partial charge is 0.302 e. The molecule has 3 rings (SSSR count). The first-order chi connectivity index (χ1) is 10.4. The summed E-state index contributed by atoms with van der Waals surface area (Å²) in [5, 5.41) is 18.5. The molecule has 0 bridgehead atoms. The fourth-order valence-electron chi connectivity index (χ4n) is 2.19. The summed E-state index contributed by atoms with van der Waals surface area (Å²) in [7, 11) is 0. The van der Waals surface area contributed by atoms with Gasteiger partial charge < -0.3 is 5.32 Å². The summed E-state index contributed by atoms with van der Waals surface area (Å²) in [6.45, 7) is 2.99. The molecule has 0 amide bonds. The Morgan fingerprint density at radius 1 is 1.29 bits per heavy atom. The molecule has 1 aromatic carbocycles. The van der Waals surface area contributed by atoms with Crippen molar-refractivity contribution in [3.63, 3.8) is 0 Å². The Morgan fingerprint density at radius 3 is 2.86 bits per heavy atom. The van der Waals surface area contributed by atoms with Crippen LogP contribution in [0.25, 0.3) is 5.69 Å². The van der Waals surface area contributed by atoms with E-state index in [1.807, 2.05) is 35.0 Å². The number of aromatic nitrogens is 6. The van der Waals surface area contributed by atoms with E-state index >= 15 is 0 Å². The van der Waals surface area contributed by atoms with Crippen molar-refractivity contribution in [1.82, 2.24) is 35.5 Å². The van der Waals surface area contributed by atoms with Gasteiger partial charge in [0.15, 0.2) is 0 Å². The molecule has 0 saturated heterocycles. The highest BCUT2D eigenvalue weighted by atomic mass is 15.4. The molecule has 1 atom stereocenters. The first-order valence-corrected chi connectivity index (χ1v) is 6.95. The van der Waals surface area contributed by atoms with E-state index in [9.17, 15) is 0 Å². The van der Waals surface area contributed by atoms with Gasteiger partial charge in [-0.05, 0) is 25.1 Å². The molecule has 1 unspecified atom stereocenters. The Kier molecular flexibility index (Phi) is 4.02. The number of para-hydroxylation sites is 1. The van der Waals surface area contributed by atoms with Crippen LogP contribution < -0.4 is 5.32 Å². The van der Waals surface area contributed by atoms with E-state index in [0.717, 1.165) is 30.2 Å². The van der Waals surface area contributed by atoms with Gasteiger partial charge in [0.2, 0.25) is 0 Å². The van der Waals surface area contributed by atoms with E-state index in [1.54, 1.807) is 6.20 Å². The summed E-state index contributed by atoms with van der Waals surface area (Å²) in [5.41, 5.74) is 1.89. The minimum absolute atomic E-state index is 0.123. The standard InChI is InChI=1S/C14H17N7/c1-2-8-15-13(14-16-10-18-19-14)12-9-17-20-21(12)11-6-4-3-5-7-11/h3-7,9-10,13,15H,2,8H2,1H3,(H,16,18,19). The molecule has 3 aromatic rings. The molecule has 2 heterocycles. The van der Waals surface area contributed by atoms with Crippen molar-refractivity contribution in [3.05, 3.63) is 54.4 Å². The van der Waals surface area contributed by atoms with Gasteiger partial charge in [-0.15, -0.1) is 5.10 Å². The van der Waals surface area contributed by atoms with Crippen LogP contribution in [0.5, 0.6) is 0 Å². The second kappa shape index (κ2) is 6.27. The van der Waals surface area contributed by atoms with Crippen LogP contribution in [0.3, 0.4) is 0 Å². The zero-order chi connectivity index (χ0) is 14.5. The number of nitrogens with zero attached hydrogens (tertiary/aromatic N) is 5. The fourth-order valence-corrected chi connectivity index (χ4v) is 2.19. The molecule has 0 radical (unpaired) electrons. The smallest absolute Gasteiger partial charge is 0.147 e. The topological polar surface area (TPSA) is 84.3 Å². The zero-order valence-electron chi connectivity index (χ0n) is 11.8. The lowest BCUT2D eigenvalue weighted by molar-refractivity contribution is 0.546. The molecule has 108 valence electrons. The van der Waals surface area contributed by atoms with Crippen LogP contribution >= 0.6 is 0 Å². The van der Waals surface area contributed by atoms with E-state index < -0.39 is 0 Å². The maximum atomic E-state index is 4.26. The number of nitrogens with one attached hydrogen (secondary N) is 2. The van der Waals surface area contributed by atoms with Crippen molar-refractivity contribution in [2.45, 2.75) is 19.4 Å². The Hall–Kier alpha value is -2.54. The van der Waals surface area contributed by atoms with Crippen molar-refractivity contribution in [2.24, 2.45) is 0 Å². The zero-order valence-corrected chi connectivity index (χ0v) is 11.8. The predicted octanol–water partition coefficient (Wildman–Crippen LogP) is 1.47. The van der Waals surface area contributed by atoms with Gasteiger partial charge in [0.1, 0.15) is 18.2 Å². The SMILES string of the molecule is CCCNC(c1ncn[nH]1)c1cnnn1-c1ccccc1. The molecule has 0 spiro atoms. The number of hydrogen-bond donors (Lipinski definition) is 2. The average molecular weight is 283 g/mol. The van der Waals surface area contributed by atoms with E-state index in [-0.39, 0.29) is 6.04 Å². The Morgan fingerprint density at radius 2 is 2.14 bits per heavy atom. The van der Waals surface area contributed by atoms with Gasteiger partial charge in [0.05, 0.1) is 17.6 Å². The first-order valence-electron chi connectivity index (χ1n) is 6.95. The Labute approximate surface area is 122 Å². The number of benzene rings is 1. The first kappa shape index (κ1) is 13.4. The van der Waals surface area contributed by atoms with Gasteiger partial charge in [0, 0.05) is 0 Å². The molecule has 0 aliphatic rings. The maximum absolute atomic E-state index is 4.26. The lowest BCUT2D eigenvalue weighted by Crippen LogP contribution is -2.26. The molecular formula is C14H17N7. The van der Waals surface area contributed by atoms with Crippen LogP contribution in [0.15, 0.2) is 42.9 Å². The van der Waals surface area contributed by atoms with E-state index in [0.29, 0.717) is 0 Å². The monoisotopic (exact) mass is 283 g/mol. The number of hydrogen-bond acceptors (Lipinski definition) is 5. The number of aromatic amines is 1. The van der Waals surface area contributed by atoms with Crippen molar-refractivity contribution in [2.75, 3.05) is 6.54 Å². The van der Waals surface area contributed by atoms with Crippen molar-refractivity contribution in [3.8, 4) is 5.69 Å². The molecule has 0 saturated carbocycles. The molecule has 0 aliphatic carbocycles. The van der Waals surface area contributed by atoms with Gasteiger partial charge in [-0.1, -0.05) is 30.3 Å². The third-order valence-corrected chi connectivity index (χ3v) is 3.18. The van der Waals surface area contributed by atoms with Crippen LogP contribution in [-0.4, -0.2) is 36.7 Å². The van der Waals surface area contributed by atoms with Crippen LogP contribution in [0.1, 0.15) is 30.9 Å². The summed E-state index contributed by atoms with van der Waals surface area (Å²) in [4.78, 5) is 4.26. The van der Waals surface area contributed by atoms with Gasteiger partial charge in [-0.25, -0.2) is 9.67 Å². The highest BCUT2D eigenvalue weighted by Crippen LogP contribution is 2.20. The van der Waals surface area contributed by atoms with Crippen LogP contribution in [0.4, 0.5) is 0 Å². The normalized spacial score (nSPS) is 12.4. The van der Waals surface area contributed by atoms with Crippen molar-refractivity contribution >= 4 is 0 Å². The van der Waals surface area contributed by atoms with Gasteiger partial charge >= 0.3 is 0 Å². The quantitative estimate of drug-likeness (QED) is 0.715. The van der Waals surface area contributed by atoms with Crippen molar-refractivity contribution < 1.29 is 0 Å². The third kappa shape index (κ3) is 2.82. The molecule has 21 heavy (non-hydrogen) atoms. The summed E-state index contributed by atoms with van der Waals surface area (Å²) >= 11 is 0. The molecule has 0 fully saturated rings. The van der Waals surface area contributed by atoms with Gasteiger partial charge in [-0.3, -0.25) is 5.10 Å². The van der Waals surface area contributed by atoms with E-state index in [2.05, 4.69) is 37.7 Å². The highest BCUT2D eigenvalue weighted by Gasteiger charge is 2.21. The summed E-state index contributed by atoms with van der Waals surface area (Å²) in [6.07, 6.45) is 4.28. The molecule has 2 N–H and O–H groups in total. The van der Waals surface area contributed by atoms with Crippen LogP contribution in [-0.2, 0) is 0 Å². The second-order valence-electron chi connectivity index (χ2n) is 4.66. The predicted molar refractivity (Wildman–Crippen MR) is 77.9 cm³/mol. The van der Waals surface area contributed by atoms with Gasteiger partial charge in [0.25, 0.3) is 0 Å². The number of H-pyrrole nitrogens is 1. The minimum atomic E-state index is -0.123. The Balaban J connectivity index is 1.99. The Bertz CT molecular complexity index is 660. The minimum Gasteiger partial charge on any atom is -0.302 e.